The lowest BCUT2D eigenvalue weighted by Crippen LogP contribution is -2.07. The average Bonchev–Trinajstić information content (AvgIpc) is 2.31. The number of pyridine rings is 1. The molecular formula is C12H10N2O2. The van der Waals surface area contributed by atoms with E-state index >= 15 is 0 Å². The predicted molar refractivity (Wildman–Crippen MR) is 60.5 cm³/mol. The Balaban J connectivity index is 2.71. The molecule has 0 aliphatic rings. The van der Waals surface area contributed by atoms with Crippen LogP contribution in [0.2, 0.25) is 0 Å². The van der Waals surface area contributed by atoms with Gasteiger partial charge in [0.05, 0.1) is 12.0 Å². The Kier molecular flexibility index (Phi) is 2.61. The van der Waals surface area contributed by atoms with Crippen molar-refractivity contribution in [3.63, 3.8) is 0 Å². The second-order valence-corrected chi connectivity index (χ2v) is 3.28. The highest BCUT2D eigenvalue weighted by atomic mass is 16.5. The second kappa shape index (κ2) is 4.07. The molecule has 16 heavy (non-hydrogen) atoms. The number of rotatable bonds is 2. The summed E-state index contributed by atoms with van der Waals surface area (Å²) < 4.78 is 5.31. The normalized spacial score (nSPS) is 10.0. The maximum absolute atomic E-state index is 11.8. The summed E-state index contributed by atoms with van der Waals surface area (Å²) in [6.07, 6.45) is 1.42. The number of ether oxygens (including phenoxy) is 1. The summed E-state index contributed by atoms with van der Waals surface area (Å²) in [6.45, 7) is 2.42. The van der Waals surface area contributed by atoms with Gasteiger partial charge in [-0.1, -0.05) is 0 Å². The van der Waals surface area contributed by atoms with Crippen LogP contribution in [0.25, 0.3) is 10.9 Å². The first-order valence-corrected chi connectivity index (χ1v) is 4.94. The summed E-state index contributed by atoms with van der Waals surface area (Å²) in [7, 11) is 0. The van der Waals surface area contributed by atoms with E-state index in [-0.39, 0.29) is 11.0 Å². The Morgan fingerprint density at radius 3 is 3.00 bits per heavy atom. The monoisotopic (exact) mass is 214 g/mol. The number of nitrogens with zero attached hydrogens (tertiary/aromatic N) is 1. The summed E-state index contributed by atoms with van der Waals surface area (Å²) in [6, 6.07) is 7.06. The highest BCUT2D eigenvalue weighted by molar-refractivity contribution is 5.80. The molecule has 2 aromatic rings. The summed E-state index contributed by atoms with van der Waals surface area (Å²) in [4.78, 5) is 14.7. The number of hydrogen-bond donors (Lipinski definition) is 1. The van der Waals surface area contributed by atoms with Gasteiger partial charge >= 0.3 is 0 Å². The Bertz CT molecular complexity index is 623. The fourth-order valence-electron chi connectivity index (χ4n) is 1.54. The first-order valence-electron chi connectivity index (χ1n) is 4.94. The van der Waals surface area contributed by atoms with Gasteiger partial charge in [0.15, 0.2) is 0 Å². The van der Waals surface area contributed by atoms with Gasteiger partial charge in [-0.3, -0.25) is 4.79 Å². The molecule has 80 valence electrons. The van der Waals surface area contributed by atoms with Gasteiger partial charge in [0.2, 0.25) is 5.43 Å². The second-order valence-electron chi connectivity index (χ2n) is 3.28. The van der Waals surface area contributed by atoms with E-state index < -0.39 is 0 Å². The van der Waals surface area contributed by atoms with Crippen LogP contribution in [0.5, 0.6) is 5.75 Å². The summed E-state index contributed by atoms with van der Waals surface area (Å²) in [5, 5.41) is 9.23. The van der Waals surface area contributed by atoms with Crippen LogP contribution in [0.3, 0.4) is 0 Å². The van der Waals surface area contributed by atoms with E-state index in [2.05, 4.69) is 4.98 Å². The number of aromatic amines is 1. The number of fused-ring (bicyclic) bond motifs is 1. The molecule has 0 bridgehead atoms. The average molecular weight is 214 g/mol. The van der Waals surface area contributed by atoms with Crippen molar-refractivity contribution in [1.82, 2.24) is 4.98 Å². The van der Waals surface area contributed by atoms with E-state index in [0.717, 1.165) is 0 Å². The molecule has 1 aromatic carbocycles. The van der Waals surface area contributed by atoms with Gasteiger partial charge in [-0.25, -0.2) is 0 Å². The van der Waals surface area contributed by atoms with E-state index in [0.29, 0.717) is 23.3 Å². The molecule has 4 nitrogen and oxygen atoms in total. The van der Waals surface area contributed by atoms with Gasteiger partial charge in [0, 0.05) is 11.7 Å². The van der Waals surface area contributed by atoms with Crippen molar-refractivity contribution in [2.45, 2.75) is 6.92 Å². The molecule has 1 N–H and O–H groups in total. The molecule has 0 saturated heterocycles. The summed E-state index contributed by atoms with van der Waals surface area (Å²) in [5.41, 5.74) is 0.548. The predicted octanol–water partition coefficient (Wildman–Crippen LogP) is 1.80. The lowest BCUT2D eigenvalue weighted by Gasteiger charge is -2.04. The van der Waals surface area contributed by atoms with Gasteiger partial charge < -0.3 is 9.72 Å². The molecular weight excluding hydrogens is 204 g/mol. The van der Waals surface area contributed by atoms with Gasteiger partial charge in [0.1, 0.15) is 17.4 Å². The topological polar surface area (TPSA) is 65.9 Å². The lowest BCUT2D eigenvalue weighted by molar-refractivity contribution is 0.340. The molecule has 0 aliphatic carbocycles. The number of hydrogen-bond acceptors (Lipinski definition) is 3. The molecule has 0 saturated carbocycles. The molecule has 0 aliphatic heterocycles. The molecule has 2 rings (SSSR count). The zero-order chi connectivity index (χ0) is 11.5. The van der Waals surface area contributed by atoms with Crippen molar-refractivity contribution in [3.05, 3.63) is 40.2 Å². The minimum Gasteiger partial charge on any atom is -0.494 e. The van der Waals surface area contributed by atoms with E-state index in [1.165, 1.54) is 6.20 Å². The third-order valence-corrected chi connectivity index (χ3v) is 2.28. The van der Waals surface area contributed by atoms with Gasteiger partial charge in [0.25, 0.3) is 0 Å². The van der Waals surface area contributed by atoms with Crippen LogP contribution in [-0.4, -0.2) is 11.6 Å². The van der Waals surface area contributed by atoms with Crippen molar-refractivity contribution in [2.24, 2.45) is 0 Å². The third kappa shape index (κ3) is 1.63. The van der Waals surface area contributed by atoms with Crippen molar-refractivity contribution in [1.29, 1.82) is 5.26 Å². The van der Waals surface area contributed by atoms with Crippen LogP contribution in [0, 0.1) is 11.3 Å². The van der Waals surface area contributed by atoms with Crippen molar-refractivity contribution < 1.29 is 4.74 Å². The Morgan fingerprint density at radius 1 is 1.50 bits per heavy atom. The van der Waals surface area contributed by atoms with Crippen LogP contribution in [-0.2, 0) is 0 Å². The van der Waals surface area contributed by atoms with Crippen LogP contribution >= 0.6 is 0 Å². The Labute approximate surface area is 92.1 Å². The maximum Gasteiger partial charge on any atom is 0.207 e. The minimum atomic E-state index is -0.266. The quantitative estimate of drug-likeness (QED) is 0.828. The fraction of sp³-hybridized carbons (Fsp3) is 0.167. The lowest BCUT2D eigenvalue weighted by atomic mass is 10.1. The molecule has 0 atom stereocenters. The van der Waals surface area contributed by atoms with E-state index in [9.17, 15) is 4.79 Å². The third-order valence-electron chi connectivity index (χ3n) is 2.28. The number of aromatic nitrogens is 1. The first kappa shape index (κ1) is 10.2. The highest BCUT2D eigenvalue weighted by Gasteiger charge is 2.05. The minimum absolute atomic E-state index is 0.112. The van der Waals surface area contributed by atoms with E-state index in [4.69, 9.17) is 10.00 Å². The van der Waals surface area contributed by atoms with Crippen LogP contribution in [0.1, 0.15) is 12.5 Å². The number of benzene rings is 1. The maximum atomic E-state index is 11.8. The summed E-state index contributed by atoms with van der Waals surface area (Å²) in [5.74, 6) is 0.635. The van der Waals surface area contributed by atoms with Gasteiger partial charge in [-0.05, 0) is 25.1 Å². The molecule has 0 unspecified atom stereocenters. The van der Waals surface area contributed by atoms with Crippen molar-refractivity contribution in [3.8, 4) is 11.8 Å². The molecule has 0 fully saturated rings. The molecule has 1 heterocycles. The molecule has 4 heteroatoms. The SMILES string of the molecule is CCOc1ccc2[nH]cc(C#N)c(=O)c2c1. The van der Waals surface area contributed by atoms with Crippen LogP contribution < -0.4 is 10.2 Å². The highest BCUT2D eigenvalue weighted by Crippen LogP contribution is 2.16. The van der Waals surface area contributed by atoms with Crippen molar-refractivity contribution >= 4 is 10.9 Å². The first-order chi connectivity index (χ1) is 7.76. The summed E-state index contributed by atoms with van der Waals surface area (Å²) >= 11 is 0. The fourth-order valence-corrected chi connectivity index (χ4v) is 1.54. The standard InChI is InChI=1S/C12H10N2O2/c1-2-16-9-3-4-11-10(5-9)12(15)8(6-13)7-14-11/h3-5,7H,2H2,1H3,(H,14,15). The van der Waals surface area contributed by atoms with Crippen molar-refractivity contribution in [2.75, 3.05) is 6.61 Å². The molecule has 0 amide bonds. The number of H-pyrrole nitrogens is 1. The largest absolute Gasteiger partial charge is 0.494 e. The van der Waals surface area contributed by atoms with Crippen LogP contribution in [0.4, 0.5) is 0 Å². The number of nitrogens with one attached hydrogen (secondary N) is 1. The Hall–Kier alpha value is -2.28. The molecule has 0 spiro atoms. The van der Waals surface area contributed by atoms with Crippen LogP contribution in [0.15, 0.2) is 29.2 Å². The molecule has 1 aromatic heterocycles. The zero-order valence-electron chi connectivity index (χ0n) is 8.78. The van der Waals surface area contributed by atoms with E-state index in [1.54, 1.807) is 18.2 Å². The number of nitriles is 1. The zero-order valence-corrected chi connectivity index (χ0v) is 8.78. The van der Waals surface area contributed by atoms with E-state index in [1.807, 2.05) is 13.0 Å². The molecule has 0 radical (unpaired) electrons. The smallest absolute Gasteiger partial charge is 0.207 e. The van der Waals surface area contributed by atoms with Gasteiger partial charge in [-0.2, -0.15) is 5.26 Å². The van der Waals surface area contributed by atoms with Gasteiger partial charge in [-0.15, -0.1) is 0 Å². The Morgan fingerprint density at radius 2 is 2.31 bits per heavy atom.